The molecule has 0 aromatic heterocycles. The minimum atomic E-state index is -2.09. The molecule has 244 valence electrons. The van der Waals surface area contributed by atoms with Crippen LogP contribution in [0.15, 0.2) is 3.15 Å². The predicted octanol–water partition coefficient (Wildman–Crippen LogP) is 4.70. The summed E-state index contributed by atoms with van der Waals surface area (Å²) in [6.45, 7) is 36.8. The van der Waals surface area contributed by atoms with Gasteiger partial charge in [-0.05, 0) is 0 Å². The molecule has 0 radical (unpaired) electrons. The van der Waals surface area contributed by atoms with E-state index < -0.39 is 41.8 Å². The zero-order valence-electron chi connectivity index (χ0n) is 30.8. The number of hydrogen-bond donors (Lipinski definition) is 0. The average Bonchev–Trinajstić information content (AvgIpc) is 3.39. The van der Waals surface area contributed by atoms with E-state index in [2.05, 4.69) is 159 Å². The second-order valence-corrected chi connectivity index (χ2v) is 28.4. The summed E-state index contributed by atoms with van der Waals surface area (Å²) in [6, 6.07) is 0. The Morgan fingerprint density at radius 3 is 1.20 bits per heavy atom. The molecule has 0 saturated carbocycles. The molecule has 0 spiro atoms. The van der Waals surface area contributed by atoms with Gasteiger partial charge < -0.3 is 0 Å². The molecule has 2 aliphatic rings. The number of nitrogens with zero attached hydrogens (tertiary/aromatic N) is 8. The van der Waals surface area contributed by atoms with Crippen LogP contribution >= 0.6 is 0 Å². The zero-order valence-corrected chi connectivity index (χ0v) is 35.9. The van der Waals surface area contributed by atoms with Crippen molar-refractivity contribution in [1.29, 1.82) is 0 Å². The normalized spacial score (nSPS) is 20.4. The quantitative estimate of drug-likeness (QED) is 0.227. The predicted molar refractivity (Wildman–Crippen MR) is 185 cm³/mol. The molecule has 1 unspecified atom stereocenters. The van der Waals surface area contributed by atoms with Crippen LogP contribution in [0.2, 0.25) is 3.86 Å². The maximum atomic E-state index is 5.27. The molecule has 1 atom stereocenters. The van der Waals surface area contributed by atoms with Crippen molar-refractivity contribution in [3.63, 3.8) is 0 Å². The monoisotopic (exact) mass is 796 g/mol. The van der Waals surface area contributed by atoms with Gasteiger partial charge in [0.15, 0.2) is 0 Å². The molecular weight excluding hydrogens is 728 g/mol. The number of guanidine groups is 1. The van der Waals surface area contributed by atoms with Crippen LogP contribution in [0.3, 0.4) is 0 Å². The zero-order chi connectivity index (χ0) is 32.3. The van der Waals surface area contributed by atoms with Crippen LogP contribution in [0, 0.1) is 0 Å². The second kappa shape index (κ2) is 15.3. The van der Waals surface area contributed by atoms with Crippen LogP contribution in [-0.2, 0) is 0 Å². The van der Waals surface area contributed by atoms with E-state index in [0.717, 1.165) is 22.9 Å². The van der Waals surface area contributed by atoms with Gasteiger partial charge in [0, 0.05) is 0 Å². The molecule has 2 fully saturated rings. The third kappa shape index (κ3) is 11.9. The van der Waals surface area contributed by atoms with E-state index >= 15 is 0 Å². The van der Waals surface area contributed by atoms with E-state index in [4.69, 9.17) is 3.15 Å². The van der Waals surface area contributed by atoms with Gasteiger partial charge in [0.05, 0.1) is 0 Å². The Kier molecular flexibility index (Phi) is 14.9. The summed E-state index contributed by atoms with van der Waals surface area (Å²) in [6.07, 6.45) is 1.34. The van der Waals surface area contributed by atoms with Crippen LogP contribution in [0.5, 0.6) is 0 Å². The molecule has 2 saturated heterocycles. The van der Waals surface area contributed by atoms with Crippen molar-refractivity contribution in [2.24, 2.45) is 3.15 Å². The third-order valence-corrected chi connectivity index (χ3v) is 25.9. The fourth-order valence-corrected chi connectivity index (χ4v) is 22.4. The van der Waals surface area contributed by atoms with Crippen molar-refractivity contribution in [3.05, 3.63) is 0 Å². The number of rotatable bonds is 5. The molecular formula is C31H70N8Sb2. The summed E-state index contributed by atoms with van der Waals surface area (Å²) in [5.41, 5.74) is 1.04. The van der Waals surface area contributed by atoms with E-state index in [-0.39, 0.29) is 11.1 Å². The molecule has 0 aromatic carbocycles. The first-order valence-corrected chi connectivity index (χ1v) is 22.8. The third-order valence-electron chi connectivity index (χ3n) is 7.44. The van der Waals surface area contributed by atoms with E-state index in [1.807, 2.05) is 0 Å². The molecule has 2 aliphatic heterocycles. The molecule has 0 N–H and O–H groups in total. The van der Waals surface area contributed by atoms with Crippen LogP contribution in [0.4, 0.5) is 0 Å². The van der Waals surface area contributed by atoms with E-state index in [0.29, 0.717) is 11.1 Å². The maximum absolute atomic E-state index is 5.27. The van der Waals surface area contributed by atoms with Crippen molar-refractivity contribution in [2.45, 2.75) is 122 Å². The van der Waals surface area contributed by atoms with Gasteiger partial charge in [0.1, 0.15) is 0 Å². The Labute approximate surface area is 273 Å². The van der Waals surface area contributed by atoms with Gasteiger partial charge in [-0.15, -0.1) is 0 Å². The Morgan fingerprint density at radius 1 is 0.610 bits per heavy atom. The van der Waals surface area contributed by atoms with Crippen molar-refractivity contribution in [2.75, 3.05) is 75.0 Å². The molecule has 0 amide bonds. The Hall–Kier alpha value is 0.706. The van der Waals surface area contributed by atoms with Gasteiger partial charge in [-0.3, -0.25) is 0 Å². The van der Waals surface area contributed by atoms with Gasteiger partial charge in [0.2, 0.25) is 0 Å². The van der Waals surface area contributed by atoms with Crippen LogP contribution < -0.4 is 0 Å². The topological polar surface area (TPSA) is 35.0 Å². The molecule has 41 heavy (non-hydrogen) atoms. The van der Waals surface area contributed by atoms with Crippen molar-refractivity contribution in [1.82, 2.24) is 26.9 Å². The van der Waals surface area contributed by atoms with Crippen molar-refractivity contribution < 1.29 is 0 Å². The fourth-order valence-electron chi connectivity index (χ4n) is 5.32. The van der Waals surface area contributed by atoms with E-state index in [1.54, 1.807) is 0 Å². The van der Waals surface area contributed by atoms with Gasteiger partial charge in [-0.25, -0.2) is 0 Å². The standard InChI is InChI=1S/2C10H22N2.C6H14N.C5H12N3.2Sb/c2*1-9(2,3)11-7-8-12-10(4,5)6;1-4-5-6-7(2)3;1-7(2)5(6)8(3)4;;/h2*7-8H2,1-6H3;4H,5-6H2,1-3H3;1-4H3;;/q2*-2;;-1;+2;+3. The van der Waals surface area contributed by atoms with E-state index in [9.17, 15) is 0 Å². The average molecular weight is 798 g/mol. The molecule has 0 aromatic rings. The van der Waals surface area contributed by atoms with Crippen LogP contribution in [-0.4, -0.2) is 172 Å². The van der Waals surface area contributed by atoms with Crippen molar-refractivity contribution >= 4 is 47.8 Å². The van der Waals surface area contributed by atoms with Gasteiger partial charge in [-0.2, -0.15) is 0 Å². The Bertz CT molecular complexity index is 764. The molecule has 0 bridgehead atoms. The van der Waals surface area contributed by atoms with Gasteiger partial charge >= 0.3 is 275 Å². The van der Waals surface area contributed by atoms with Crippen LogP contribution in [0.25, 0.3) is 0 Å². The molecule has 2 heterocycles. The summed E-state index contributed by atoms with van der Waals surface area (Å²) < 4.78 is 17.3. The molecule has 0 aliphatic carbocycles. The van der Waals surface area contributed by atoms with Gasteiger partial charge in [0.25, 0.3) is 0 Å². The summed E-state index contributed by atoms with van der Waals surface area (Å²) in [5, 5.41) is 0. The van der Waals surface area contributed by atoms with Gasteiger partial charge in [-0.1, -0.05) is 0 Å². The summed E-state index contributed by atoms with van der Waals surface area (Å²) in [4.78, 5) is 6.59. The first-order chi connectivity index (χ1) is 18.3. The summed E-state index contributed by atoms with van der Waals surface area (Å²) >= 11 is -3.69. The summed E-state index contributed by atoms with van der Waals surface area (Å²) in [7, 11) is 12.7. The number of hydrogen-bond acceptors (Lipinski definition) is 6. The summed E-state index contributed by atoms with van der Waals surface area (Å²) in [5.74, 6) is 1.09. The second-order valence-electron chi connectivity index (χ2n) is 16.4. The first-order valence-electron chi connectivity index (χ1n) is 15.6. The van der Waals surface area contributed by atoms with E-state index in [1.165, 1.54) is 26.1 Å². The molecule has 10 heteroatoms. The fraction of sp³-hybridized carbons (Fsp3) is 0.968. The van der Waals surface area contributed by atoms with Crippen LogP contribution in [0.1, 0.15) is 96.4 Å². The Balaban J connectivity index is 0.000000410. The molecule has 2 rings (SSSR count). The van der Waals surface area contributed by atoms with Crippen molar-refractivity contribution in [3.8, 4) is 0 Å². The molecule has 8 nitrogen and oxygen atoms in total. The first kappa shape index (κ1) is 39.7. The Morgan fingerprint density at radius 2 is 0.927 bits per heavy atom. The minimum absolute atomic E-state index is 0.191. The SMILES string of the molecule is CN(C)C(=[N][Sb]1[N](C(C)(C)C)CC[N]1C(C)(C)C)N(C)C.C[CH](CCN(C)C)[Sb]1[N](C(C)(C)C)CC[N]1C(C)(C)C.